The van der Waals surface area contributed by atoms with Crippen LogP contribution in [0.15, 0.2) is 58.4 Å². The SMILES string of the molecule is CN=C(NCCc1ccc(S(C)(=O)=O)cc1)NC(C)c1cccc(C(F)(F)F)c1.I. The van der Waals surface area contributed by atoms with Gasteiger partial charge in [0.25, 0.3) is 0 Å². The second kappa shape index (κ2) is 11.0. The number of halogens is 4. The maximum atomic E-state index is 12.9. The smallest absolute Gasteiger partial charge is 0.356 e. The summed E-state index contributed by atoms with van der Waals surface area (Å²) in [6.07, 6.45) is -2.60. The number of sulfone groups is 1. The second-order valence-corrected chi connectivity index (χ2v) is 8.67. The summed E-state index contributed by atoms with van der Waals surface area (Å²) in [4.78, 5) is 4.36. The first kappa shape index (κ1) is 26.2. The molecule has 0 fully saturated rings. The molecule has 0 bridgehead atoms. The minimum absolute atomic E-state index is 0. The van der Waals surface area contributed by atoms with Crippen molar-refractivity contribution < 1.29 is 21.6 Å². The highest BCUT2D eigenvalue weighted by Gasteiger charge is 2.30. The fraction of sp³-hybridized carbons (Fsp3) is 0.350. The molecule has 2 rings (SSSR count). The number of nitrogens with zero attached hydrogens (tertiary/aromatic N) is 1. The number of benzene rings is 2. The van der Waals surface area contributed by atoms with Gasteiger partial charge in [-0.1, -0.05) is 24.3 Å². The molecule has 0 aliphatic carbocycles. The van der Waals surface area contributed by atoms with E-state index in [1.54, 1.807) is 44.3 Å². The Bertz CT molecular complexity index is 962. The van der Waals surface area contributed by atoms with Crippen molar-refractivity contribution in [3.63, 3.8) is 0 Å². The monoisotopic (exact) mass is 555 g/mol. The lowest BCUT2D eigenvalue weighted by atomic mass is 10.1. The van der Waals surface area contributed by atoms with Gasteiger partial charge in [-0.25, -0.2) is 8.42 Å². The zero-order valence-corrected chi connectivity index (χ0v) is 20.0. The Balaban J connectivity index is 0.00000450. The van der Waals surface area contributed by atoms with Crippen LogP contribution in [0.5, 0.6) is 0 Å². The number of hydrogen-bond donors (Lipinski definition) is 2. The van der Waals surface area contributed by atoms with E-state index in [1.165, 1.54) is 6.07 Å². The molecule has 1 atom stereocenters. The maximum Gasteiger partial charge on any atom is 0.416 e. The van der Waals surface area contributed by atoms with Crippen molar-refractivity contribution in [3.05, 3.63) is 65.2 Å². The van der Waals surface area contributed by atoms with Crippen LogP contribution in [0.1, 0.15) is 29.7 Å². The Labute approximate surface area is 192 Å². The molecule has 0 saturated heterocycles. The van der Waals surface area contributed by atoms with Gasteiger partial charge in [-0.2, -0.15) is 13.2 Å². The highest BCUT2D eigenvalue weighted by atomic mass is 127. The Morgan fingerprint density at radius 3 is 2.30 bits per heavy atom. The number of aliphatic imine (C=N–C) groups is 1. The minimum Gasteiger partial charge on any atom is -0.356 e. The normalized spacial score (nSPS) is 13.3. The van der Waals surface area contributed by atoms with Crippen molar-refractivity contribution in [3.8, 4) is 0 Å². The molecule has 2 aromatic rings. The quantitative estimate of drug-likeness (QED) is 0.319. The van der Waals surface area contributed by atoms with Crippen LogP contribution in [0.4, 0.5) is 13.2 Å². The molecule has 1 unspecified atom stereocenters. The maximum absolute atomic E-state index is 12.9. The number of guanidine groups is 1. The highest BCUT2D eigenvalue weighted by molar-refractivity contribution is 14.0. The first-order valence-electron chi connectivity index (χ1n) is 8.94. The van der Waals surface area contributed by atoms with Gasteiger partial charge >= 0.3 is 6.18 Å². The Hall–Kier alpha value is -1.82. The van der Waals surface area contributed by atoms with Gasteiger partial charge < -0.3 is 10.6 Å². The average Bonchev–Trinajstić information content (AvgIpc) is 2.66. The summed E-state index contributed by atoms with van der Waals surface area (Å²) in [5.41, 5.74) is 0.759. The summed E-state index contributed by atoms with van der Waals surface area (Å²) in [6, 6.07) is 11.4. The van der Waals surface area contributed by atoms with Crippen molar-refractivity contribution in [2.24, 2.45) is 4.99 Å². The molecule has 0 aromatic heterocycles. The first-order chi connectivity index (χ1) is 13.5. The molecule has 0 heterocycles. The van der Waals surface area contributed by atoms with Gasteiger partial charge in [0.1, 0.15) is 0 Å². The molecule has 2 aromatic carbocycles. The lowest BCUT2D eigenvalue weighted by Gasteiger charge is -2.19. The summed E-state index contributed by atoms with van der Waals surface area (Å²) >= 11 is 0. The molecule has 5 nitrogen and oxygen atoms in total. The van der Waals surface area contributed by atoms with Gasteiger partial charge in [-0.3, -0.25) is 4.99 Å². The zero-order valence-electron chi connectivity index (χ0n) is 16.8. The van der Waals surface area contributed by atoms with Crippen molar-refractivity contribution in [1.29, 1.82) is 0 Å². The zero-order chi connectivity index (χ0) is 21.7. The summed E-state index contributed by atoms with van der Waals surface area (Å²) in [7, 11) is -1.65. The molecule has 0 amide bonds. The number of nitrogens with one attached hydrogen (secondary N) is 2. The Kier molecular flexibility index (Phi) is 9.60. The van der Waals surface area contributed by atoms with E-state index in [2.05, 4.69) is 15.6 Å². The average molecular weight is 555 g/mol. The van der Waals surface area contributed by atoms with Crippen molar-refractivity contribution in [2.45, 2.75) is 30.5 Å². The molecule has 0 radical (unpaired) electrons. The molecular formula is C20H25F3IN3O2S. The van der Waals surface area contributed by atoms with Gasteiger partial charge in [0, 0.05) is 19.8 Å². The lowest BCUT2D eigenvalue weighted by molar-refractivity contribution is -0.137. The number of alkyl halides is 3. The van der Waals surface area contributed by atoms with E-state index in [-0.39, 0.29) is 34.9 Å². The van der Waals surface area contributed by atoms with Crippen LogP contribution < -0.4 is 10.6 Å². The Morgan fingerprint density at radius 2 is 1.77 bits per heavy atom. The lowest BCUT2D eigenvalue weighted by Crippen LogP contribution is -2.39. The molecule has 0 aliphatic heterocycles. The summed E-state index contributed by atoms with van der Waals surface area (Å²) in [6.45, 7) is 2.28. The van der Waals surface area contributed by atoms with Gasteiger partial charge in [0.2, 0.25) is 0 Å². The molecule has 0 saturated carbocycles. The van der Waals surface area contributed by atoms with Crippen LogP contribution in [0, 0.1) is 0 Å². The van der Waals surface area contributed by atoms with E-state index < -0.39 is 21.6 Å². The minimum atomic E-state index is -4.39. The van der Waals surface area contributed by atoms with Crippen molar-refractivity contribution in [1.82, 2.24) is 10.6 Å². The third kappa shape index (κ3) is 7.78. The second-order valence-electron chi connectivity index (χ2n) is 6.65. The highest BCUT2D eigenvalue weighted by Crippen LogP contribution is 2.30. The summed E-state index contributed by atoms with van der Waals surface area (Å²) in [5, 5.41) is 6.18. The van der Waals surface area contributed by atoms with Crippen LogP contribution in [0.2, 0.25) is 0 Å². The fourth-order valence-corrected chi connectivity index (χ4v) is 3.33. The van der Waals surface area contributed by atoms with Crippen LogP contribution in [0.3, 0.4) is 0 Å². The molecular weight excluding hydrogens is 530 g/mol. The van der Waals surface area contributed by atoms with E-state index in [0.717, 1.165) is 24.0 Å². The first-order valence-corrected chi connectivity index (χ1v) is 10.8. The molecule has 2 N–H and O–H groups in total. The molecule has 10 heteroatoms. The van der Waals surface area contributed by atoms with E-state index in [4.69, 9.17) is 0 Å². The predicted octanol–water partition coefficient (Wildman–Crippen LogP) is 4.20. The molecule has 0 aliphatic rings. The van der Waals surface area contributed by atoms with E-state index in [1.807, 2.05) is 0 Å². The van der Waals surface area contributed by atoms with Crippen LogP contribution in [-0.2, 0) is 22.4 Å². The van der Waals surface area contributed by atoms with Gasteiger partial charge in [-0.05, 0) is 48.7 Å². The van der Waals surface area contributed by atoms with Crippen LogP contribution in [-0.4, -0.2) is 34.2 Å². The molecule has 30 heavy (non-hydrogen) atoms. The Morgan fingerprint density at radius 1 is 1.13 bits per heavy atom. The van der Waals surface area contributed by atoms with E-state index in [0.29, 0.717) is 24.5 Å². The predicted molar refractivity (Wildman–Crippen MR) is 123 cm³/mol. The third-order valence-corrected chi connectivity index (χ3v) is 5.48. The van der Waals surface area contributed by atoms with Crippen LogP contribution >= 0.6 is 24.0 Å². The summed E-state index contributed by atoms with van der Waals surface area (Å²) < 4.78 is 61.6. The topological polar surface area (TPSA) is 70.6 Å². The van der Waals surface area contributed by atoms with Gasteiger partial charge in [0.15, 0.2) is 15.8 Å². The van der Waals surface area contributed by atoms with Crippen molar-refractivity contribution in [2.75, 3.05) is 19.8 Å². The van der Waals surface area contributed by atoms with Gasteiger partial charge in [0.05, 0.1) is 16.5 Å². The standard InChI is InChI=1S/C20H24F3N3O2S.HI/c1-14(16-5-4-6-17(13-16)20(21,22)23)26-19(24-2)25-12-11-15-7-9-18(10-8-15)29(3,27)28;/h4-10,13-14H,11-12H2,1-3H3,(H2,24,25,26);1H. The van der Waals surface area contributed by atoms with E-state index in [9.17, 15) is 21.6 Å². The summed E-state index contributed by atoms with van der Waals surface area (Å²) in [5.74, 6) is 0.461. The third-order valence-electron chi connectivity index (χ3n) is 4.35. The molecule has 166 valence electrons. The van der Waals surface area contributed by atoms with Crippen LogP contribution in [0.25, 0.3) is 0 Å². The van der Waals surface area contributed by atoms with E-state index >= 15 is 0 Å². The van der Waals surface area contributed by atoms with Crippen molar-refractivity contribution >= 4 is 39.8 Å². The largest absolute Gasteiger partial charge is 0.416 e. The van der Waals surface area contributed by atoms with Gasteiger partial charge in [-0.15, -0.1) is 24.0 Å². The number of rotatable bonds is 6. The number of hydrogen-bond acceptors (Lipinski definition) is 3. The molecule has 0 spiro atoms. The fourth-order valence-electron chi connectivity index (χ4n) is 2.70.